The molecule has 0 N–H and O–H groups in total. The number of allylic oxidation sites excluding steroid dienone is 3. The fourth-order valence-electron chi connectivity index (χ4n) is 2.41. The average molecular weight is 254 g/mol. The van der Waals surface area contributed by atoms with E-state index >= 15 is 0 Å². The average Bonchev–Trinajstić information content (AvgIpc) is 2.33. The summed E-state index contributed by atoms with van der Waals surface area (Å²) in [5, 5.41) is 0. The predicted octanol–water partition coefficient (Wildman–Crippen LogP) is 5.71. The fourth-order valence-corrected chi connectivity index (χ4v) is 2.41. The molecule has 1 aromatic rings. The second-order valence-electron chi connectivity index (χ2n) is 5.79. The Morgan fingerprint density at radius 3 is 2.37 bits per heavy atom. The van der Waals surface area contributed by atoms with Crippen LogP contribution in [0, 0.1) is 25.7 Å². The Morgan fingerprint density at radius 1 is 1.21 bits per heavy atom. The molecule has 0 radical (unpaired) electrons. The van der Waals surface area contributed by atoms with E-state index in [-0.39, 0.29) is 0 Å². The summed E-state index contributed by atoms with van der Waals surface area (Å²) < 4.78 is 0. The van der Waals surface area contributed by atoms with Crippen LogP contribution in [0.3, 0.4) is 0 Å². The monoisotopic (exact) mass is 254 g/mol. The number of aryl methyl sites for hydroxylation is 2. The number of hydrogen-bond donors (Lipinski definition) is 0. The van der Waals surface area contributed by atoms with E-state index in [4.69, 9.17) is 0 Å². The van der Waals surface area contributed by atoms with Crippen LogP contribution in [0.5, 0.6) is 0 Å². The van der Waals surface area contributed by atoms with Crippen molar-refractivity contribution >= 4 is 5.57 Å². The second kappa shape index (κ2) is 6.59. The van der Waals surface area contributed by atoms with E-state index in [1.54, 1.807) is 0 Å². The van der Waals surface area contributed by atoms with Gasteiger partial charge in [0.05, 0.1) is 0 Å². The molecule has 0 heteroatoms. The van der Waals surface area contributed by atoms with E-state index in [2.05, 4.69) is 78.1 Å². The predicted molar refractivity (Wildman–Crippen MR) is 86.2 cm³/mol. The van der Waals surface area contributed by atoms with E-state index in [9.17, 15) is 0 Å². The Bertz CT molecular complexity index is 523. The number of benzene rings is 1. The third kappa shape index (κ3) is 3.98. The second-order valence-corrected chi connectivity index (χ2v) is 5.79. The molecule has 0 aromatic heterocycles. The summed E-state index contributed by atoms with van der Waals surface area (Å²) in [7, 11) is 0. The smallest absolute Gasteiger partial charge is 0.00964 e. The highest BCUT2D eigenvalue weighted by atomic mass is 14.2. The van der Waals surface area contributed by atoms with Gasteiger partial charge in [-0.2, -0.15) is 0 Å². The lowest BCUT2D eigenvalue weighted by Crippen LogP contribution is -2.03. The lowest BCUT2D eigenvalue weighted by atomic mass is 9.85. The Balaban J connectivity index is 3.22. The minimum atomic E-state index is 0.361. The van der Waals surface area contributed by atoms with Gasteiger partial charge < -0.3 is 0 Å². The number of hydrogen-bond acceptors (Lipinski definition) is 0. The van der Waals surface area contributed by atoms with Crippen LogP contribution in [0.1, 0.15) is 44.4 Å². The molecular formula is C19H26. The molecule has 19 heavy (non-hydrogen) atoms. The maximum Gasteiger partial charge on any atom is 0.00964 e. The van der Waals surface area contributed by atoms with Crippen molar-refractivity contribution in [1.82, 2.24) is 0 Å². The summed E-state index contributed by atoms with van der Waals surface area (Å²) in [6, 6.07) is 6.57. The molecule has 0 nitrogen and oxygen atoms in total. The highest BCUT2D eigenvalue weighted by Gasteiger charge is 2.14. The SMILES string of the molecule is C=C=C(c1cc(C)ccc1C)C(C)C(C)=CC(C)C. The largest absolute Gasteiger partial charge is 0.124 e. The van der Waals surface area contributed by atoms with Crippen LogP contribution in [0.4, 0.5) is 0 Å². The fraction of sp³-hybridized carbons (Fsp3) is 0.421. The molecule has 0 aliphatic carbocycles. The Kier molecular flexibility index (Phi) is 5.39. The first-order valence-electron chi connectivity index (χ1n) is 7.02. The van der Waals surface area contributed by atoms with Gasteiger partial charge >= 0.3 is 0 Å². The van der Waals surface area contributed by atoms with Gasteiger partial charge in [-0.1, -0.05) is 62.8 Å². The van der Waals surface area contributed by atoms with E-state index in [0.29, 0.717) is 11.8 Å². The molecule has 0 saturated carbocycles. The van der Waals surface area contributed by atoms with Crippen molar-refractivity contribution in [2.45, 2.75) is 41.5 Å². The first kappa shape index (κ1) is 15.5. The van der Waals surface area contributed by atoms with Crippen LogP contribution in [0.25, 0.3) is 5.57 Å². The molecule has 0 aliphatic heterocycles. The van der Waals surface area contributed by atoms with Crippen LogP contribution in [-0.4, -0.2) is 0 Å². The zero-order valence-electron chi connectivity index (χ0n) is 13.2. The van der Waals surface area contributed by atoms with E-state index in [1.165, 1.54) is 27.8 Å². The van der Waals surface area contributed by atoms with Crippen LogP contribution in [-0.2, 0) is 0 Å². The van der Waals surface area contributed by atoms with Crippen LogP contribution in [0.2, 0.25) is 0 Å². The molecular weight excluding hydrogens is 228 g/mol. The summed E-state index contributed by atoms with van der Waals surface area (Å²) in [6.07, 6.45) is 2.33. The maximum atomic E-state index is 3.90. The Labute approximate surface area is 118 Å². The van der Waals surface area contributed by atoms with E-state index in [1.807, 2.05) is 0 Å². The van der Waals surface area contributed by atoms with Crippen molar-refractivity contribution in [1.29, 1.82) is 0 Å². The van der Waals surface area contributed by atoms with Gasteiger partial charge in [-0.15, -0.1) is 5.73 Å². The molecule has 0 spiro atoms. The van der Waals surface area contributed by atoms with Gasteiger partial charge in [0.1, 0.15) is 0 Å². The molecule has 0 saturated heterocycles. The van der Waals surface area contributed by atoms with Gasteiger partial charge in [0.25, 0.3) is 0 Å². The lowest BCUT2D eigenvalue weighted by molar-refractivity contribution is 0.785. The molecule has 0 aliphatic rings. The minimum absolute atomic E-state index is 0.361. The van der Waals surface area contributed by atoms with Gasteiger partial charge in [-0.3, -0.25) is 0 Å². The van der Waals surface area contributed by atoms with Crippen molar-refractivity contribution in [2.75, 3.05) is 0 Å². The third-order valence-electron chi connectivity index (χ3n) is 3.59. The molecule has 1 atom stereocenters. The van der Waals surface area contributed by atoms with Gasteiger partial charge in [0.2, 0.25) is 0 Å². The van der Waals surface area contributed by atoms with Crippen molar-refractivity contribution in [2.24, 2.45) is 11.8 Å². The lowest BCUT2D eigenvalue weighted by Gasteiger charge is -2.18. The van der Waals surface area contributed by atoms with Crippen molar-refractivity contribution < 1.29 is 0 Å². The van der Waals surface area contributed by atoms with Crippen molar-refractivity contribution in [3.8, 4) is 0 Å². The zero-order valence-corrected chi connectivity index (χ0v) is 13.2. The topological polar surface area (TPSA) is 0 Å². The highest BCUT2D eigenvalue weighted by molar-refractivity contribution is 5.71. The molecule has 102 valence electrons. The number of rotatable bonds is 4. The van der Waals surface area contributed by atoms with Crippen molar-refractivity contribution in [3.63, 3.8) is 0 Å². The molecule has 0 amide bonds. The molecule has 0 bridgehead atoms. The molecule has 1 aromatic carbocycles. The molecule has 1 unspecified atom stereocenters. The zero-order chi connectivity index (χ0) is 14.6. The van der Waals surface area contributed by atoms with Gasteiger partial charge in [0.15, 0.2) is 0 Å². The Morgan fingerprint density at radius 2 is 1.84 bits per heavy atom. The minimum Gasteiger partial charge on any atom is -0.124 e. The summed E-state index contributed by atoms with van der Waals surface area (Å²) in [5.74, 6) is 0.938. The van der Waals surface area contributed by atoms with E-state index < -0.39 is 0 Å². The molecule has 0 heterocycles. The summed E-state index contributed by atoms with van der Waals surface area (Å²) in [5.41, 5.74) is 9.61. The highest BCUT2D eigenvalue weighted by Crippen LogP contribution is 2.31. The maximum absolute atomic E-state index is 3.90. The normalized spacial score (nSPS) is 13.3. The Hall–Kier alpha value is -1.52. The van der Waals surface area contributed by atoms with E-state index in [0.717, 1.165) is 0 Å². The van der Waals surface area contributed by atoms with Gasteiger partial charge in [-0.25, -0.2) is 0 Å². The summed E-state index contributed by atoms with van der Waals surface area (Å²) in [6.45, 7) is 17.1. The van der Waals surface area contributed by atoms with Crippen molar-refractivity contribution in [3.05, 3.63) is 58.8 Å². The summed E-state index contributed by atoms with van der Waals surface area (Å²) >= 11 is 0. The molecule has 1 rings (SSSR count). The van der Waals surface area contributed by atoms with Gasteiger partial charge in [0, 0.05) is 11.5 Å². The van der Waals surface area contributed by atoms with Crippen LogP contribution < -0.4 is 0 Å². The quantitative estimate of drug-likeness (QED) is 0.477. The standard InChI is InChI=1S/C19H26/c1-8-18(17(7)16(6)11-13(2)3)19-12-14(4)9-10-15(19)5/h9-13,17H,1H2,2-7H3. The summed E-state index contributed by atoms with van der Waals surface area (Å²) in [4.78, 5) is 0. The third-order valence-corrected chi connectivity index (χ3v) is 3.59. The molecule has 0 fully saturated rings. The van der Waals surface area contributed by atoms with Gasteiger partial charge in [-0.05, 0) is 37.8 Å². The first-order valence-corrected chi connectivity index (χ1v) is 7.02. The first-order chi connectivity index (χ1) is 8.86. The van der Waals surface area contributed by atoms with Crippen LogP contribution in [0.15, 0.2) is 42.2 Å². The van der Waals surface area contributed by atoms with Crippen LogP contribution >= 0.6 is 0 Å².